The van der Waals surface area contributed by atoms with E-state index < -0.39 is 5.97 Å². The molecule has 0 amide bonds. The van der Waals surface area contributed by atoms with Gasteiger partial charge in [0.1, 0.15) is 5.57 Å². The van der Waals surface area contributed by atoms with Crippen molar-refractivity contribution in [3.8, 4) is 0 Å². The van der Waals surface area contributed by atoms with Gasteiger partial charge >= 0.3 is 5.97 Å². The average Bonchev–Trinajstić information content (AvgIpc) is 2.23. The lowest BCUT2D eigenvalue weighted by atomic mass is 9.65. The molecule has 0 aliphatic heterocycles. The molecule has 0 aromatic rings. The molecule has 2 aliphatic rings. The number of rotatable bonds is 1. The maximum Gasteiger partial charge on any atom is 0.339 e. The van der Waals surface area contributed by atoms with Gasteiger partial charge in [-0.15, -0.1) is 0 Å². The number of carbonyl (C=O) groups is 2. The average molecular weight is 220 g/mol. The zero-order valence-electron chi connectivity index (χ0n) is 9.67. The number of carboxylic acid groups (broad SMARTS) is 1. The predicted octanol–water partition coefficient (Wildman–Crippen LogP) is 2.48. The van der Waals surface area contributed by atoms with Gasteiger partial charge in [-0.3, -0.25) is 4.79 Å². The van der Waals surface area contributed by atoms with Crippen molar-refractivity contribution < 1.29 is 14.7 Å². The Morgan fingerprint density at radius 2 is 2.12 bits per heavy atom. The first kappa shape index (κ1) is 11.1. The number of carbonyl (C=O) groups excluding carboxylic acids is 1. The van der Waals surface area contributed by atoms with Crippen molar-refractivity contribution in [2.45, 2.75) is 39.5 Å². The second-order valence-corrected chi connectivity index (χ2v) is 4.92. The number of hydrogen-bond donors (Lipinski definition) is 1. The van der Waals surface area contributed by atoms with Crippen molar-refractivity contribution in [2.75, 3.05) is 0 Å². The van der Waals surface area contributed by atoms with Gasteiger partial charge < -0.3 is 5.11 Å². The highest BCUT2D eigenvalue weighted by molar-refractivity contribution is 6.24. The summed E-state index contributed by atoms with van der Waals surface area (Å²) in [4.78, 5) is 22.9. The molecule has 1 atom stereocenters. The smallest absolute Gasteiger partial charge is 0.339 e. The minimum absolute atomic E-state index is 0.0503. The van der Waals surface area contributed by atoms with Gasteiger partial charge in [-0.1, -0.05) is 25.0 Å². The number of ketones is 1. The van der Waals surface area contributed by atoms with Crippen LogP contribution < -0.4 is 0 Å². The van der Waals surface area contributed by atoms with Crippen LogP contribution in [0.4, 0.5) is 0 Å². The summed E-state index contributed by atoms with van der Waals surface area (Å²) in [6.07, 6.45) is 5.75. The minimum atomic E-state index is -1.10. The van der Waals surface area contributed by atoms with Gasteiger partial charge in [0.05, 0.1) is 0 Å². The van der Waals surface area contributed by atoms with E-state index in [9.17, 15) is 9.59 Å². The molecular weight excluding hydrogens is 204 g/mol. The second kappa shape index (κ2) is 3.58. The molecule has 1 saturated carbocycles. The number of fused-ring (bicyclic) bond motifs is 1. The molecule has 0 bridgehead atoms. The van der Waals surface area contributed by atoms with Crippen LogP contribution in [0.15, 0.2) is 22.8 Å². The lowest BCUT2D eigenvalue weighted by Gasteiger charge is -2.38. The molecule has 1 N–H and O–H groups in total. The Labute approximate surface area is 94.8 Å². The molecule has 2 aliphatic carbocycles. The van der Waals surface area contributed by atoms with Gasteiger partial charge in [0.2, 0.25) is 0 Å². The number of Topliss-reactive ketones (excluding diaryl/α,β-unsaturated/α-hetero) is 1. The maximum absolute atomic E-state index is 11.9. The lowest BCUT2D eigenvalue weighted by molar-refractivity contribution is -0.134. The van der Waals surface area contributed by atoms with Crippen LogP contribution in [-0.4, -0.2) is 16.9 Å². The molecule has 86 valence electrons. The molecule has 3 heteroatoms. The Balaban J connectivity index is 2.52. The molecule has 2 rings (SSSR count). The molecule has 16 heavy (non-hydrogen) atoms. The quantitative estimate of drug-likeness (QED) is 0.691. The largest absolute Gasteiger partial charge is 0.478 e. The highest BCUT2D eigenvalue weighted by atomic mass is 16.4. The molecule has 1 unspecified atom stereocenters. The first-order valence-corrected chi connectivity index (χ1v) is 5.67. The SMILES string of the molecule is CC1=C2CCCCC2(C)C=C(C(=O)O)C1=O. The summed E-state index contributed by atoms with van der Waals surface area (Å²) in [6, 6.07) is 0. The van der Waals surface area contributed by atoms with Gasteiger partial charge in [-0.2, -0.15) is 0 Å². The molecule has 0 aromatic heterocycles. The number of allylic oxidation sites excluding steroid dienone is 3. The van der Waals surface area contributed by atoms with Gasteiger partial charge in [-0.05, 0) is 31.8 Å². The van der Waals surface area contributed by atoms with Crippen LogP contribution in [-0.2, 0) is 9.59 Å². The number of aliphatic carboxylic acids is 1. The summed E-state index contributed by atoms with van der Waals surface area (Å²) in [5, 5.41) is 9.02. The van der Waals surface area contributed by atoms with Crippen LogP contribution in [0.1, 0.15) is 39.5 Å². The fourth-order valence-corrected chi connectivity index (χ4v) is 2.89. The highest BCUT2D eigenvalue weighted by Gasteiger charge is 2.39. The topological polar surface area (TPSA) is 54.4 Å². The van der Waals surface area contributed by atoms with E-state index in [1.165, 1.54) is 0 Å². The normalized spacial score (nSPS) is 29.9. The summed E-state index contributed by atoms with van der Waals surface area (Å²) in [7, 11) is 0. The van der Waals surface area contributed by atoms with Gasteiger partial charge in [0, 0.05) is 5.41 Å². The summed E-state index contributed by atoms with van der Waals surface area (Å²) in [5.41, 5.74) is 1.55. The number of hydrogen-bond acceptors (Lipinski definition) is 2. The minimum Gasteiger partial charge on any atom is -0.478 e. The molecule has 0 radical (unpaired) electrons. The molecule has 3 nitrogen and oxygen atoms in total. The Bertz CT molecular complexity index is 428. The maximum atomic E-state index is 11.9. The lowest BCUT2D eigenvalue weighted by Crippen LogP contribution is -2.31. The zero-order chi connectivity index (χ0) is 11.9. The summed E-state index contributed by atoms with van der Waals surface area (Å²) >= 11 is 0. The van der Waals surface area contributed by atoms with Gasteiger partial charge in [-0.25, -0.2) is 4.79 Å². The standard InChI is InChI=1S/C13H16O3/c1-8-10-5-3-4-6-13(10,2)7-9(11(8)14)12(15)16/h7H,3-6H2,1-2H3,(H,15,16). The molecule has 0 spiro atoms. The highest BCUT2D eigenvalue weighted by Crippen LogP contribution is 2.46. The molecule has 0 heterocycles. The summed E-state index contributed by atoms with van der Waals surface area (Å²) in [6.45, 7) is 3.80. The third-order valence-corrected chi connectivity index (χ3v) is 3.79. The van der Waals surface area contributed by atoms with Crippen LogP contribution in [0.3, 0.4) is 0 Å². The van der Waals surface area contributed by atoms with E-state index in [1.54, 1.807) is 13.0 Å². The van der Waals surface area contributed by atoms with E-state index in [0.717, 1.165) is 31.3 Å². The third kappa shape index (κ3) is 1.51. The summed E-state index contributed by atoms with van der Waals surface area (Å²) in [5.74, 6) is -1.41. The van der Waals surface area contributed by atoms with Crippen molar-refractivity contribution in [3.63, 3.8) is 0 Å². The van der Waals surface area contributed by atoms with E-state index in [-0.39, 0.29) is 16.8 Å². The predicted molar refractivity (Wildman–Crippen MR) is 60.0 cm³/mol. The van der Waals surface area contributed by atoms with Crippen molar-refractivity contribution in [2.24, 2.45) is 5.41 Å². The molecule has 1 fully saturated rings. The Kier molecular flexibility index (Phi) is 2.49. The Morgan fingerprint density at radius 1 is 1.44 bits per heavy atom. The molecule has 0 aromatic carbocycles. The van der Waals surface area contributed by atoms with Crippen molar-refractivity contribution in [1.82, 2.24) is 0 Å². The first-order valence-electron chi connectivity index (χ1n) is 5.67. The van der Waals surface area contributed by atoms with Crippen LogP contribution in [0.25, 0.3) is 0 Å². The second-order valence-electron chi connectivity index (χ2n) is 4.92. The molecule has 0 saturated heterocycles. The zero-order valence-corrected chi connectivity index (χ0v) is 9.67. The summed E-state index contributed by atoms with van der Waals surface area (Å²) < 4.78 is 0. The fourth-order valence-electron chi connectivity index (χ4n) is 2.89. The van der Waals surface area contributed by atoms with Crippen molar-refractivity contribution in [3.05, 3.63) is 22.8 Å². The van der Waals surface area contributed by atoms with Crippen LogP contribution in [0.5, 0.6) is 0 Å². The Morgan fingerprint density at radius 3 is 2.75 bits per heavy atom. The van der Waals surface area contributed by atoms with Crippen molar-refractivity contribution in [1.29, 1.82) is 0 Å². The third-order valence-electron chi connectivity index (χ3n) is 3.79. The van der Waals surface area contributed by atoms with E-state index in [2.05, 4.69) is 0 Å². The van der Waals surface area contributed by atoms with E-state index >= 15 is 0 Å². The van der Waals surface area contributed by atoms with Crippen LogP contribution in [0.2, 0.25) is 0 Å². The molecular formula is C13H16O3. The first-order chi connectivity index (χ1) is 7.46. The number of carboxylic acids is 1. The van der Waals surface area contributed by atoms with Gasteiger partial charge in [0.15, 0.2) is 5.78 Å². The van der Waals surface area contributed by atoms with E-state index in [0.29, 0.717) is 5.57 Å². The fraction of sp³-hybridized carbons (Fsp3) is 0.538. The monoisotopic (exact) mass is 220 g/mol. The van der Waals surface area contributed by atoms with Crippen LogP contribution in [0, 0.1) is 5.41 Å². The van der Waals surface area contributed by atoms with Gasteiger partial charge in [0.25, 0.3) is 0 Å². The van der Waals surface area contributed by atoms with Crippen LogP contribution >= 0.6 is 0 Å². The Hall–Kier alpha value is -1.38. The van der Waals surface area contributed by atoms with E-state index in [4.69, 9.17) is 5.11 Å². The van der Waals surface area contributed by atoms with E-state index in [1.807, 2.05) is 6.92 Å². The van der Waals surface area contributed by atoms with Crippen molar-refractivity contribution >= 4 is 11.8 Å².